The van der Waals surface area contributed by atoms with E-state index in [-0.39, 0.29) is 17.4 Å². The summed E-state index contributed by atoms with van der Waals surface area (Å²) in [6.07, 6.45) is -3.32. The lowest BCUT2D eigenvalue weighted by atomic mass is 10.1. The van der Waals surface area contributed by atoms with Crippen molar-refractivity contribution in [2.24, 2.45) is 5.92 Å². The highest BCUT2D eigenvalue weighted by atomic mass is 19.4. The first-order valence-electron chi connectivity index (χ1n) is 6.29. The van der Waals surface area contributed by atoms with Gasteiger partial charge in [0.05, 0.1) is 11.5 Å². The molecule has 1 aliphatic carbocycles. The van der Waals surface area contributed by atoms with Crippen LogP contribution in [0.3, 0.4) is 0 Å². The molecule has 2 atom stereocenters. The standard InChI is InChI=1S/C13H12F3N3O2/c14-13(15,16)10-4-2-8(6-17)11(19-10)18-9-3-1-7(5-9)12(20)21/h2,4,7,9H,1,3,5H2,(H,18,19)(H,20,21)/t7-,9+/m1/s1. The van der Waals surface area contributed by atoms with Gasteiger partial charge in [-0.1, -0.05) is 0 Å². The second-order valence-electron chi connectivity index (χ2n) is 4.89. The number of nitrogens with one attached hydrogen (secondary N) is 1. The molecule has 0 bridgehead atoms. The van der Waals surface area contributed by atoms with Crippen molar-refractivity contribution in [1.29, 1.82) is 5.26 Å². The number of hydrogen-bond donors (Lipinski definition) is 2. The van der Waals surface area contributed by atoms with E-state index in [1.54, 1.807) is 6.07 Å². The monoisotopic (exact) mass is 299 g/mol. The van der Waals surface area contributed by atoms with Crippen molar-refractivity contribution in [1.82, 2.24) is 4.98 Å². The Balaban J connectivity index is 2.19. The normalized spacial score (nSPS) is 21.8. The number of pyridine rings is 1. The molecule has 2 rings (SSSR count). The molecule has 2 N–H and O–H groups in total. The molecule has 0 aliphatic heterocycles. The summed E-state index contributed by atoms with van der Waals surface area (Å²) in [4.78, 5) is 14.3. The van der Waals surface area contributed by atoms with E-state index in [4.69, 9.17) is 10.4 Å². The molecule has 1 aromatic heterocycles. The number of hydrogen-bond acceptors (Lipinski definition) is 4. The van der Waals surface area contributed by atoms with Crippen molar-refractivity contribution in [3.8, 4) is 6.07 Å². The summed E-state index contributed by atoms with van der Waals surface area (Å²) in [5.41, 5.74) is -1.08. The third-order valence-electron chi connectivity index (χ3n) is 3.43. The number of aliphatic carboxylic acids is 1. The fraction of sp³-hybridized carbons (Fsp3) is 0.462. The molecular formula is C13H12F3N3O2. The van der Waals surface area contributed by atoms with E-state index in [0.717, 1.165) is 12.1 Å². The smallest absolute Gasteiger partial charge is 0.433 e. The van der Waals surface area contributed by atoms with Crippen LogP contribution in [0, 0.1) is 17.2 Å². The Morgan fingerprint density at radius 2 is 2.14 bits per heavy atom. The van der Waals surface area contributed by atoms with Gasteiger partial charge >= 0.3 is 12.1 Å². The third kappa shape index (κ3) is 3.42. The minimum atomic E-state index is -4.59. The van der Waals surface area contributed by atoms with Crippen LogP contribution in [-0.2, 0) is 11.0 Å². The van der Waals surface area contributed by atoms with Crippen molar-refractivity contribution in [3.63, 3.8) is 0 Å². The molecule has 1 saturated carbocycles. The van der Waals surface area contributed by atoms with Crippen molar-refractivity contribution in [2.75, 3.05) is 5.32 Å². The molecule has 0 saturated heterocycles. The zero-order valence-electron chi connectivity index (χ0n) is 10.8. The van der Waals surface area contributed by atoms with E-state index in [0.29, 0.717) is 19.3 Å². The Hall–Kier alpha value is -2.30. The van der Waals surface area contributed by atoms with Crippen molar-refractivity contribution in [3.05, 3.63) is 23.4 Å². The summed E-state index contributed by atoms with van der Waals surface area (Å²) in [6, 6.07) is 3.28. The second kappa shape index (κ2) is 5.60. The van der Waals surface area contributed by atoms with E-state index in [1.807, 2.05) is 0 Å². The molecule has 21 heavy (non-hydrogen) atoms. The first-order valence-corrected chi connectivity index (χ1v) is 6.29. The Bertz CT molecular complexity index is 595. The van der Waals surface area contributed by atoms with Gasteiger partial charge in [0.2, 0.25) is 0 Å². The highest BCUT2D eigenvalue weighted by molar-refractivity contribution is 5.70. The minimum absolute atomic E-state index is 0.00164. The summed E-state index contributed by atoms with van der Waals surface area (Å²) >= 11 is 0. The number of anilines is 1. The number of nitrogens with zero attached hydrogens (tertiary/aromatic N) is 2. The van der Waals surface area contributed by atoms with E-state index >= 15 is 0 Å². The maximum absolute atomic E-state index is 12.6. The largest absolute Gasteiger partial charge is 0.481 e. The molecule has 0 amide bonds. The number of alkyl halides is 3. The number of halogens is 3. The van der Waals surface area contributed by atoms with Gasteiger partial charge in [0.25, 0.3) is 0 Å². The zero-order valence-corrected chi connectivity index (χ0v) is 10.8. The summed E-state index contributed by atoms with van der Waals surface area (Å²) in [5.74, 6) is -1.58. The van der Waals surface area contributed by atoms with Crippen LogP contribution in [0.4, 0.5) is 19.0 Å². The molecule has 5 nitrogen and oxygen atoms in total. The van der Waals surface area contributed by atoms with E-state index in [9.17, 15) is 18.0 Å². The van der Waals surface area contributed by atoms with Crippen molar-refractivity contribution >= 4 is 11.8 Å². The molecule has 112 valence electrons. The van der Waals surface area contributed by atoms with Gasteiger partial charge in [-0.05, 0) is 31.4 Å². The number of rotatable bonds is 3. The van der Waals surface area contributed by atoms with Gasteiger partial charge in [-0.2, -0.15) is 18.4 Å². The van der Waals surface area contributed by atoms with Crippen LogP contribution < -0.4 is 5.32 Å². The average molecular weight is 299 g/mol. The molecule has 0 radical (unpaired) electrons. The van der Waals surface area contributed by atoms with Crippen LogP contribution >= 0.6 is 0 Å². The first kappa shape index (κ1) is 15.1. The van der Waals surface area contributed by atoms with Crippen LogP contribution in [-0.4, -0.2) is 22.1 Å². The van der Waals surface area contributed by atoms with Gasteiger partial charge in [0, 0.05) is 6.04 Å². The van der Waals surface area contributed by atoms with Gasteiger partial charge < -0.3 is 10.4 Å². The van der Waals surface area contributed by atoms with E-state index in [1.165, 1.54) is 0 Å². The summed E-state index contributed by atoms with van der Waals surface area (Å²) < 4.78 is 37.9. The SMILES string of the molecule is N#Cc1ccc(C(F)(F)F)nc1N[C@H]1CC[C@@H](C(=O)O)C1. The maximum atomic E-state index is 12.6. The highest BCUT2D eigenvalue weighted by Gasteiger charge is 2.34. The molecule has 0 aromatic carbocycles. The predicted molar refractivity (Wildman–Crippen MR) is 66.3 cm³/mol. The van der Waals surface area contributed by atoms with Crippen LogP contribution in [0.1, 0.15) is 30.5 Å². The Morgan fingerprint density at radius 1 is 1.43 bits per heavy atom. The molecule has 1 fully saturated rings. The van der Waals surface area contributed by atoms with Gasteiger partial charge in [-0.25, -0.2) is 4.98 Å². The molecule has 1 heterocycles. The lowest BCUT2D eigenvalue weighted by molar-refractivity contribution is -0.142. The number of nitriles is 1. The number of carboxylic acid groups (broad SMARTS) is 1. The van der Waals surface area contributed by atoms with Crippen LogP contribution in [0.15, 0.2) is 12.1 Å². The average Bonchev–Trinajstić information content (AvgIpc) is 2.86. The summed E-state index contributed by atoms with van der Waals surface area (Å²) in [6.45, 7) is 0. The molecule has 0 unspecified atom stereocenters. The molecule has 1 aromatic rings. The topological polar surface area (TPSA) is 86.0 Å². The summed E-state index contributed by atoms with van der Waals surface area (Å²) in [7, 11) is 0. The van der Waals surface area contributed by atoms with Crippen molar-refractivity contribution in [2.45, 2.75) is 31.5 Å². The molecule has 8 heteroatoms. The maximum Gasteiger partial charge on any atom is 0.433 e. The van der Waals surface area contributed by atoms with Gasteiger partial charge in [0.15, 0.2) is 0 Å². The Labute approximate surface area is 118 Å². The first-order chi connectivity index (χ1) is 9.81. The Morgan fingerprint density at radius 3 is 2.67 bits per heavy atom. The lowest BCUT2D eigenvalue weighted by Gasteiger charge is -2.15. The van der Waals surface area contributed by atoms with Gasteiger partial charge in [0.1, 0.15) is 17.6 Å². The van der Waals surface area contributed by atoms with Crippen LogP contribution in [0.25, 0.3) is 0 Å². The fourth-order valence-corrected chi connectivity index (χ4v) is 2.35. The highest BCUT2D eigenvalue weighted by Crippen LogP contribution is 2.32. The summed E-state index contributed by atoms with van der Waals surface area (Å²) in [5, 5.41) is 20.6. The fourth-order valence-electron chi connectivity index (χ4n) is 2.35. The number of aromatic nitrogens is 1. The Kier molecular flexibility index (Phi) is 4.02. The number of carbonyl (C=O) groups is 1. The quantitative estimate of drug-likeness (QED) is 0.896. The van der Waals surface area contributed by atoms with Crippen LogP contribution in [0.2, 0.25) is 0 Å². The molecular weight excluding hydrogens is 287 g/mol. The molecule has 1 aliphatic rings. The zero-order chi connectivity index (χ0) is 15.6. The van der Waals surface area contributed by atoms with Crippen molar-refractivity contribution < 1.29 is 23.1 Å². The van der Waals surface area contributed by atoms with Gasteiger partial charge in [-0.3, -0.25) is 4.79 Å². The minimum Gasteiger partial charge on any atom is -0.481 e. The second-order valence-corrected chi connectivity index (χ2v) is 4.89. The van der Waals surface area contributed by atoms with Crippen LogP contribution in [0.5, 0.6) is 0 Å². The lowest BCUT2D eigenvalue weighted by Crippen LogP contribution is -2.20. The van der Waals surface area contributed by atoms with E-state index in [2.05, 4.69) is 10.3 Å². The van der Waals surface area contributed by atoms with E-state index < -0.39 is 23.8 Å². The third-order valence-corrected chi connectivity index (χ3v) is 3.43. The predicted octanol–water partition coefficient (Wildman–Crippen LogP) is 2.64. The van der Waals surface area contributed by atoms with Gasteiger partial charge in [-0.15, -0.1) is 0 Å². The molecule has 0 spiro atoms. The number of carboxylic acids is 1.